The number of fused-ring (bicyclic) bond motifs is 1. The first-order chi connectivity index (χ1) is 17.5. The van der Waals surface area contributed by atoms with Gasteiger partial charge in [-0.3, -0.25) is 19.5 Å². The van der Waals surface area contributed by atoms with Crippen molar-refractivity contribution in [2.45, 2.75) is 6.92 Å². The number of nitrogens with one attached hydrogen (secondary N) is 1. The molecule has 0 saturated heterocycles. The molecular formula is C26H21N7O3. The molecule has 2 aromatic heterocycles. The van der Waals surface area contributed by atoms with Crippen molar-refractivity contribution in [1.29, 1.82) is 0 Å². The quantitative estimate of drug-likeness (QED) is 0.254. The Morgan fingerprint density at radius 1 is 1.03 bits per heavy atom. The molecule has 36 heavy (non-hydrogen) atoms. The summed E-state index contributed by atoms with van der Waals surface area (Å²) in [4.78, 5) is 38.7. The van der Waals surface area contributed by atoms with E-state index in [4.69, 9.17) is 4.98 Å². The van der Waals surface area contributed by atoms with Crippen molar-refractivity contribution in [1.82, 2.24) is 19.5 Å². The highest BCUT2D eigenvalue weighted by Gasteiger charge is 2.16. The van der Waals surface area contributed by atoms with Gasteiger partial charge < -0.3 is 10.2 Å². The first-order valence-electron chi connectivity index (χ1n) is 11.2. The molecule has 1 N–H and O–H groups in total. The molecular weight excluding hydrogens is 458 g/mol. The van der Waals surface area contributed by atoms with Crippen LogP contribution in [-0.4, -0.2) is 36.9 Å². The summed E-state index contributed by atoms with van der Waals surface area (Å²) in [6, 6.07) is 22.6. The summed E-state index contributed by atoms with van der Waals surface area (Å²) in [6.45, 7) is 2.42. The summed E-state index contributed by atoms with van der Waals surface area (Å²) in [5.41, 5.74) is 3.28. The third-order valence-electron chi connectivity index (χ3n) is 5.63. The second-order valence-corrected chi connectivity index (χ2v) is 7.87. The fraction of sp³-hybridized carbons (Fsp3) is 0.0769. The first kappa shape index (κ1) is 22.7. The molecule has 0 bridgehead atoms. The van der Waals surface area contributed by atoms with E-state index in [2.05, 4.69) is 15.3 Å². The summed E-state index contributed by atoms with van der Waals surface area (Å²) in [7, 11) is 0. The fourth-order valence-electron chi connectivity index (χ4n) is 3.88. The Morgan fingerprint density at radius 2 is 1.86 bits per heavy atom. The lowest BCUT2D eigenvalue weighted by Crippen LogP contribution is -2.19. The average Bonchev–Trinajstić information content (AvgIpc) is 3.33. The van der Waals surface area contributed by atoms with E-state index in [9.17, 15) is 14.9 Å². The van der Waals surface area contributed by atoms with Crippen molar-refractivity contribution >= 4 is 40.0 Å². The monoisotopic (exact) mass is 479 g/mol. The maximum atomic E-state index is 12.6. The lowest BCUT2D eigenvalue weighted by atomic mass is 10.2. The number of nitro benzene ring substituents is 1. The number of anilines is 3. The molecule has 10 heteroatoms. The zero-order chi connectivity index (χ0) is 25.1. The maximum Gasteiger partial charge on any atom is 0.271 e. The number of carbonyl (C=O) groups excluding carboxylic acids is 1. The van der Waals surface area contributed by atoms with Gasteiger partial charge in [-0.05, 0) is 49.4 Å². The number of rotatable bonds is 7. The second-order valence-electron chi connectivity index (χ2n) is 7.87. The lowest BCUT2D eigenvalue weighted by molar-refractivity contribution is -0.384. The molecule has 0 saturated carbocycles. The minimum atomic E-state index is -0.430. The zero-order valence-electron chi connectivity index (χ0n) is 19.3. The van der Waals surface area contributed by atoms with Crippen molar-refractivity contribution < 1.29 is 9.72 Å². The number of non-ortho nitro benzene ring substituents is 1. The molecule has 0 aliphatic carbocycles. The summed E-state index contributed by atoms with van der Waals surface area (Å²) >= 11 is 0. The Hall–Kier alpha value is -5.12. The van der Waals surface area contributed by atoms with E-state index in [1.165, 1.54) is 12.1 Å². The Bertz CT molecular complexity index is 1570. The van der Waals surface area contributed by atoms with Gasteiger partial charge in [0.25, 0.3) is 11.6 Å². The number of aromatic nitrogens is 4. The van der Waals surface area contributed by atoms with Crippen LogP contribution in [0.25, 0.3) is 16.9 Å². The van der Waals surface area contributed by atoms with Crippen molar-refractivity contribution in [3.8, 4) is 5.82 Å². The van der Waals surface area contributed by atoms with E-state index in [0.717, 1.165) is 11.0 Å². The summed E-state index contributed by atoms with van der Waals surface area (Å²) in [5.74, 6) is 0.754. The molecule has 3 aromatic carbocycles. The van der Waals surface area contributed by atoms with Gasteiger partial charge >= 0.3 is 0 Å². The van der Waals surface area contributed by atoms with Crippen molar-refractivity contribution in [3.05, 3.63) is 107 Å². The number of nitro groups is 1. The highest BCUT2D eigenvalue weighted by molar-refractivity contribution is 6.05. The molecule has 0 unspecified atom stereocenters. The number of benzene rings is 3. The second kappa shape index (κ2) is 9.63. The minimum Gasteiger partial charge on any atom is -0.322 e. The van der Waals surface area contributed by atoms with Gasteiger partial charge in [0.2, 0.25) is 5.95 Å². The van der Waals surface area contributed by atoms with Gasteiger partial charge in [0.15, 0.2) is 0 Å². The molecule has 178 valence electrons. The average molecular weight is 480 g/mol. The van der Waals surface area contributed by atoms with Crippen LogP contribution in [0.2, 0.25) is 0 Å². The molecule has 0 fully saturated rings. The van der Waals surface area contributed by atoms with E-state index in [1.54, 1.807) is 58.4 Å². The molecule has 0 spiro atoms. The number of amides is 1. The number of hydrogen-bond donors (Lipinski definition) is 1. The van der Waals surface area contributed by atoms with Crippen LogP contribution >= 0.6 is 0 Å². The van der Waals surface area contributed by atoms with Gasteiger partial charge in [-0.1, -0.05) is 24.3 Å². The fourth-order valence-corrected chi connectivity index (χ4v) is 3.88. The van der Waals surface area contributed by atoms with Gasteiger partial charge in [0.05, 0.1) is 21.6 Å². The van der Waals surface area contributed by atoms with Crippen molar-refractivity contribution in [3.63, 3.8) is 0 Å². The Balaban J connectivity index is 1.48. The SMILES string of the molecule is CCN(c1cccc([N+](=O)[O-])c1)c1nccc(-n2cnc3ccc(NC(=O)c4ccccc4)cc32)n1. The van der Waals surface area contributed by atoms with Crippen LogP contribution in [0.15, 0.2) is 91.4 Å². The van der Waals surface area contributed by atoms with Crippen molar-refractivity contribution in [2.24, 2.45) is 0 Å². The van der Waals surface area contributed by atoms with Gasteiger partial charge in [0.1, 0.15) is 12.1 Å². The van der Waals surface area contributed by atoms with E-state index in [0.29, 0.717) is 35.2 Å². The van der Waals surface area contributed by atoms with E-state index in [1.807, 2.05) is 37.3 Å². The third-order valence-corrected chi connectivity index (χ3v) is 5.63. The molecule has 5 rings (SSSR count). The predicted molar refractivity (Wildman–Crippen MR) is 137 cm³/mol. The molecule has 0 aliphatic heterocycles. The highest BCUT2D eigenvalue weighted by atomic mass is 16.6. The molecule has 10 nitrogen and oxygen atoms in total. The van der Waals surface area contributed by atoms with Crippen LogP contribution < -0.4 is 10.2 Å². The Kier molecular flexibility index (Phi) is 6.06. The molecule has 5 aromatic rings. The van der Waals surface area contributed by atoms with Gasteiger partial charge in [-0.25, -0.2) is 9.97 Å². The minimum absolute atomic E-state index is 0.00668. The van der Waals surface area contributed by atoms with E-state index >= 15 is 0 Å². The standard InChI is InChI=1S/C26H21N7O3/c1-2-31(20-9-6-10-21(16-20)33(35)36)26-27-14-13-24(30-26)32-17-28-22-12-11-19(15-23(22)32)29-25(34)18-7-4-3-5-8-18/h3-17H,2H2,1H3,(H,29,34). The van der Waals surface area contributed by atoms with Gasteiger partial charge in [-0.2, -0.15) is 4.98 Å². The smallest absolute Gasteiger partial charge is 0.271 e. The Labute approximate surface area is 206 Å². The maximum absolute atomic E-state index is 12.6. The lowest BCUT2D eigenvalue weighted by Gasteiger charge is -2.21. The van der Waals surface area contributed by atoms with E-state index < -0.39 is 4.92 Å². The third kappa shape index (κ3) is 4.47. The molecule has 2 heterocycles. The molecule has 0 atom stereocenters. The topological polar surface area (TPSA) is 119 Å². The molecule has 1 amide bonds. The van der Waals surface area contributed by atoms with Crippen LogP contribution in [-0.2, 0) is 0 Å². The number of imidazole rings is 1. The van der Waals surface area contributed by atoms with Crippen LogP contribution in [0, 0.1) is 10.1 Å². The van der Waals surface area contributed by atoms with Crippen LogP contribution in [0.5, 0.6) is 0 Å². The Morgan fingerprint density at radius 3 is 2.64 bits per heavy atom. The molecule has 0 radical (unpaired) electrons. The van der Waals surface area contributed by atoms with Crippen LogP contribution in [0.3, 0.4) is 0 Å². The summed E-state index contributed by atoms with van der Waals surface area (Å²) in [5, 5.41) is 14.1. The predicted octanol–water partition coefficient (Wildman–Crippen LogP) is 5.13. The zero-order valence-corrected chi connectivity index (χ0v) is 19.3. The number of nitrogens with zero attached hydrogens (tertiary/aromatic N) is 6. The van der Waals surface area contributed by atoms with Crippen LogP contribution in [0.1, 0.15) is 17.3 Å². The van der Waals surface area contributed by atoms with Crippen LogP contribution in [0.4, 0.5) is 23.0 Å². The normalized spacial score (nSPS) is 10.8. The summed E-state index contributed by atoms with van der Waals surface area (Å²) < 4.78 is 1.81. The largest absolute Gasteiger partial charge is 0.322 e. The van der Waals surface area contributed by atoms with E-state index in [-0.39, 0.29) is 11.6 Å². The van der Waals surface area contributed by atoms with Gasteiger partial charge in [0, 0.05) is 36.1 Å². The first-order valence-corrected chi connectivity index (χ1v) is 11.2. The highest BCUT2D eigenvalue weighted by Crippen LogP contribution is 2.27. The summed E-state index contributed by atoms with van der Waals surface area (Å²) in [6.07, 6.45) is 3.29. The number of hydrogen-bond acceptors (Lipinski definition) is 7. The number of carbonyl (C=O) groups is 1. The molecule has 0 aliphatic rings. The van der Waals surface area contributed by atoms with Crippen molar-refractivity contribution in [2.75, 3.05) is 16.8 Å². The van der Waals surface area contributed by atoms with Gasteiger partial charge in [-0.15, -0.1) is 0 Å².